The van der Waals surface area contributed by atoms with Gasteiger partial charge in [0, 0.05) is 18.7 Å². The molecule has 0 unspecified atom stereocenters. The smallest absolute Gasteiger partial charge is 0.343 e. The van der Waals surface area contributed by atoms with Crippen molar-refractivity contribution < 1.29 is 23.9 Å². The number of nitrogens with zero attached hydrogens (tertiary/aromatic N) is 2. The lowest BCUT2D eigenvalue weighted by molar-refractivity contribution is -0.140. The van der Waals surface area contributed by atoms with Crippen LogP contribution in [0.1, 0.15) is 52.4 Å². The Morgan fingerprint density at radius 1 is 1.12 bits per heavy atom. The summed E-state index contributed by atoms with van der Waals surface area (Å²) in [5.74, 6) is -1.78. The number of para-hydroxylation sites is 2. The van der Waals surface area contributed by atoms with Gasteiger partial charge in [0.1, 0.15) is 11.4 Å². The third-order valence-corrected chi connectivity index (χ3v) is 6.55. The fourth-order valence-electron chi connectivity index (χ4n) is 4.86. The molecule has 0 radical (unpaired) electrons. The lowest BCUT2D eigenvalue weighted by atomic mass is 9.81. The number of nitrogens with one attached hydrogen (secondary N) is 2. The molecular formula is C25H30N4O5. The van der Waals surface area contributed by atoms with Crippen molar-refractivity contribution in [2.45, 2.75) is 52.4 Å². The molecule has 2 aliphatic heterocycles. The minimum absolute atomic E-state index is 0.0116. The van der Waals surface area contributed by atoms with Crippen LogP contribution >= 0.6 is 0 Å². The number of esters is 1. The quantitative estimate of drug-likeness (QED) is 0.492. The number of benzene rings is 1. The number of carbonyl (C=O) groups is 4. The van der Waals surface area contributed by atoms with E-state index in [1.165, 1.54) is 4.90 Å². The van der Waals surface area contributed by atoms with Gasteiger partial charge in [-0.2, -0.15) is 0 Å². The highest BCUT2D eigenvalue weighted by molar-refractivity contribution is 6.24. The molecule has 1 saturated carbocycles. The zero-order valence-corrected chi connectivity index (χ0v) is 19.6. The Morgan fingerprint density at radius 3 is 2.44 bits per heavy atom. The lowest BCUT2D eigenvalue weighted by Crippen LogP contribution is -2.39. The number of ether oxygens (including phenoxy) is 1. The Hall–Kier alpha value is -3.49. The zero-order valence-electron chi connectivity index (χ0n) is 19.6. The predicted octanol–water partition coefficient (Wildman–Crippen LogP) is 3.05. The maximum atomic E-state index is 12.9. The van der Waals surface area contributed by atoms with Crippen molar-refractivity contribution in [2.75, 3.05) is 18.5 Å². The predicted molar refractivity (Wildman–Crippen MR) is 126 cm³/mol. The van der Waals surface area contributed by atoms with E-state index in [4.69, 9.17) is 4.74 Å². The second-order valence-corrected chi connectivity index (χ2v) is 8.65. The first-order chi connectivity index (χ1) is 16.4. The normalized spacial score (nSPS) is 21.8. The van der Waals surface area contributed by atoms with Gasteiger partial charge in [-0.1, -0.05) is 31.9 Å². The average molecular weight is 467 g/mol. The second-order valence-electron chi connectivity index (χ2n) is 8.65. The first-order valence-electron chi connectivity index (χ1n) is 11.9. The molecule has 0 spiro atoms. The summed E-state index contributed by atoms with van der Waals surface area (Å²) in [6.07, 6.45) is 3.77. The number of amides is 3. The minimum atomic E-state index is -0.590. The van der Waals surface area contributed by atoms with Crippen LogP contribution in [-0.2, 0) is 23.9 Å². The molecule has 9 nitrogen and oxygen atoms in total. The van der Waals surface area contributed by atoms with Crippen molar-refractivity contribution in [2.24, 2.45) is 16.8 Å². The summed E-state index contributed by atoms with van der Waals surface area (Å²) in [5.41, 5.74) is 2.02. The maximum absolute atomic E-state index is 12.9. The number of fused-ring (bicyclic) bond motifs is 2. The van der Waals surface area contributed by atoms with Gasteiger partial charge in [-0.15, -0.1) is 0 Å². The van der Waals surface area contributed by atoms with Gasteiger partial charge >= 0.3 is 5.97 Å². The Labute approximate surface area is 198 Å². The number of rotatable bonds is 6. The van der Waals surface area contributed by atoms with Crippen LogP contribution in [0.2, 0.25) is 0 Å². The molecule has 2 fully saturated rings. The first-order valence-corrected chi connectivity index (χ1v) is 11.9. The number of carbonyl (C=O) groups excluding carboxylic acids is 4. The van der Waals surface area contributed by atoms with Crippen molar-refractivity contribution in [1.29, 1.82) is 0 Å². The standard InChI is InChI=1S/C25H30N4O5/c1-3-17-21(25(33)34-4-2)22(27-19-12-8-7-11-18(19)26-17)28-20(30)13-14-29-23(31)15-9-5-6-10-16(15)24(29)32/h7-8,11-12,15-16,26H,3-6,9-10,13-14H2,1-2H3,(H,27,28,30)/t15-,16-/m1/s1. The van der Waals surface area contributed by atoms with Crippen molar-refractivity contribution in [3.05, 3.63) is 35.5 Å². The van der Waals surface area contributed by atoms with Crippen LogP contribution in [0.3, 0.4) is 0 Å². The molecule has 2 N–H and O–H groups in total. The summed E-state index contributed by atoms with van der Waals surface area (Å²) >= 11 is 0. The Balaban J connectivity index is 1.53. The van der Waals surface area contributed by atoms with Crippen molar-refractivity contribution in [1.82, 2.24) is 10.2 Å². The summed E-state index contributed by atoms with van der Waals surface area (Å²) in [5, 5.41) is 5.97. The van der Waals surface area contributed by atoms with Crippen LogP contribution in [0.15, 0.2) is 40.5 Å². The van der Waals surface area contributed by atoms with E-state index in [0.717, 1.165) is 25.7 Å². The van der Waals surface area contributed by atoms with Gasteiger partial charge in [-0.3, -0.25) is 19.3 Å². The van der Waals surface area contributed by atoms with Gasteiger partial charge in [-0.25, -0.2) is 9.79 Å². The third-order valence-electron chi connectivity index (χ3n) is 6.55. The minimum Gasteiger partial charge on any atom is -0.462 e. The number of likely N-dealkylation sites (tertiary alicyclic amines) is 1. The molecule has 1 saturated heterocycles. The van der Waals surface area contributed by atoms with Crippen LogP contribution in [0, 0.1) is 11.8 Å². The summed E-state index contributed by atoms with van der Waals surface area (Å²) in [6.45, 7) is 3.78. The highest BCUT2D eigenvalue weighted by atomic mass is 16.5. The topological polar surface area (TPSA) is 117 Å². The molecule has 9 heteroatoms. The fourth-order valence-corrected chi connectivity index (χ4v) is 4.86. The zero-order chi connectivity index (χ0) is 24.2. The maximum Gasteiger partial charge on any atom is 0.343 e. The molecule has 34 heavy (non-hydrogen) atoms. The Kier molecular flexibility index (Phi) is 7.09. The summed E-state index contributed by atoms with van der Waals surface area (Å²) in [6, 6.07) is 7.28. The van der Waals surface area contributed by atoms with Gasteiger partial charge in [0.15, 0.2) is 0 Å². The molecule has 4 rings (SSSR count). The van der Waals surface area contributed by atoms with Crippen molar-refractivity contribution in [3.8, 4) is 0 Å². The SMILES string of the molecule is CCOC(=O)C1=C(CC)Nc2ccccc2N=C1NC(=O)CCN1C(=O)[C@@H]2CCCC[C@H]2C1=O. The van der Waals surface area contributed by atoms with Gasteiger partial charge < -0.3 is 15.4 Å². The monoisotopic (exact) mass is 466 g/mol. The number of hydrogen-bond donors (Lipinski definition) is 2. The second kappa shape index (κ2) is 10.2. The number of hydrogen-bond acceptors (Lipinski definition) is 7. The number of allylic oxidation sites excluding steroid dienone is 1. The van der Waals surface area contributed by atoms with Gasteiger partial charge in [0.05, 0.1) is 29.8 Å². The van der Waals surface area contributed by atoms with E-state index in [1.54, 1.807) is 13.0 Å². The lowest BCUT2D eigenvalue weighted by Gasteiger charge is -2.19. The average Bonchev–Trinajstić information content (AvgIpc) is 2.98. The molecule has 0 aromatic heterocycles. The highest BCUT2D eigenvalue weighted by Crippen LogP contribution is 2.38. The fraction of sp³-hybridized carbons (Fsp3) is 0.480. The highest BCUT2D eigenvalue weighted by Gasteiger charge is 2.47. The largest absolute Gasteiger partial charge is 0.462 e. The van der Waals surface area contributed by atoms with Crippen LogP contribution in [0.5, 0.6) is 0 Å². The van der Waals surface area contributed by atoms with Crippen molar-refractivity contribution >= 4 is 40.9 Å². The van der Waals surface area contributed by atoms with E-state index in [2.05, 4.69) is 15.6 Å². The molecule has 0 bridgehead atoms. The molecular weight excluding hydrogens is 436 g/mol. The van der Waals surface area contributed by atoms with Crippen LogP contribution in [0.25, 0.3) is 0 Å². The summed E-state index contributed by atoms with van der Waals surface area (Å²) in [4.78, 5) is 56.9. The van der Waals surface area contributed by atoms with Gasteiger partial charge in [-0.05, 0) is 38.3 Å². The van der Waals surface area contributed by atoms with Gasteiger partial charge in [0.25, 0.3) is 0 Å². The number of anilines is 1. The molecule has 1 aromatic carbocycles. The van der Waals surface area contributed by atoms with Crippen LogP contribution in [0.4, 0.5) is 11.4 Å². The van der Waals surface area contributed by atoms with E-state index in [1.807, 2.05) is 25.1 Å². The third kappa shape index (κ3) is 4.60. The number of amidine groups is 1. The van der Waals surface area contributed by atoms with E-state index in [0.29, 0.717) is 23.5 Å². The Morgan fingerprint density at radius 2 is 1.79 bits per heavy atom. The summed E-state index contributed by atoms with van der Waals surface area (Å²) in [7, 11) is 0. The van der Waals surface area contributed by atoms with E-state index < -0.39 is 11.9 Å². The first kappa shape index (κ1) is 23.7. The van der Waals surface area contributed by atoms with Crippen LogP contribution < -0.4 is 10.6 Å². The number of imide groups is 1. The van der Waals surface area contributed by atoms with E-state index >= 15 is 0 Å². The molecule has 2 atom stereocenters. The molecule has 1 aromatic rings. The molecule has 3 aliphatic rings. The van der Waals surface area contributed by atoms with Crippen LogP contribution in [-0.4, -0.2) is 47.6 Å². The van der Waals surface area contributed by atoms with Crippen molar-refractivity contribution in [3.63, 3.8) is 0 Å². The molecule has 3 amide bonds. The van der Waals surface area contributed by atoms with Gasteiger partial charge in [0.2, 0.25) is 17.7 Å². The molecule has 2 heterocycles. The summed E-state index contributed by atoms with van der Waals surface area (Å²) < 4.78 is 5.24. The molecule has 1 aliphatic carbocycles. The Bertz CT molecular complexity index is 1050. The molecule has 180 valence electrons. The van der Waals surface area contributed by atoms with E-state index in [-0.39, 0.29) is 54.6 Å². The number of aliphatic imine (C=N–C) groups is 1. The van der Waals surface area contributed by atoms with E-state index in [9.17, 15) is 19.2 Å².